The molecular formula is C19H18Cl2N2O3S. The van der Waals surface area contributed by atoms with Gasteiger partial charge in [0.2, 0.25) is 15.9 Å². The fourth-order valence-electron chi connectivity index (χ4n) is 3.01. The second kappa shape index (κ2) is 8.02. The topological polar surface area (TPSA) is 57.7 Å². The van der Waals surface area contributed by atoms with Gasteiger partial charge in [-0.15, -0.1) is 6.58 Å². The second-order valence-electron chi connectivity index (χ2n) is 6.09. The van der Waals surface area contributed by atoms with E-state index in [1.165, 1.54) is 24.3 Å². The zero-order chi connectivity index (χ0) is 19.6. The molecule has 8 heteroatoms. The maximum Gasteiger partial charge on any atom is 0.243 e. The Bertz CT molecular complexity index is 992. The highest BCUT2D eigenvalue weighted by molar-refractivity contribution is 7.89. The van der Waals surface area contributed by atoms with Crippen LogP contribution in [0.5, 0.6) is 0 Å². The molecule has 1 aliphatic heterocycles. The summed E-state index contributed by atoms with van der Waals surface area (Å²) in [4.78, 5) is 14.4. The predicted octanol–water partition coefficient (Wildman–Crippen LogP) is 3.76. The van der Waals surface area contributed by atoms with Crippen molar-refractivity contribution in [1.29, 1.82) is 0 Å². The van der Waals surface area contributed by atoms with Crippen LogP contribution in [0.4, 0.5) is 5.69 Å². The zero-order valence-electron chi connectivity index (χ0n) is 14.4. The third-order valence-corrected chi connectivity index (χ3v) is 6.91. The summed E-state index contributed by atoms with van der Waals surface area (Å²) in [6.45, 7) is 3.85. The normalized spacial score (nSPS) is 13.7. The molecule has 0 atom stereocenters. The summed E-state index contributed by atoms with van der Waals surface area (Å²) < 4.78 is 27.1. The van der Waals surface area contributed by atoms with Crippen LogP contribution in [0, 0.1) is 0 Å². The first-order chi connectivity index (χ1) is 12.8. The lowest BCUT2D eigenvalue weighted by Crippen LogP contribution is -2.42. The number of benzene rings is 2. The van der Waals surface area contributed by atoms with Crippen molar-refractivity contribution in [2.24, 2.45) is 0 Å². The summed E-state index contributed by atoms with van der Waals surface area (Å²) in [6.07, 6.45) is 2.20. The SMILES string of the molecule is C=CCN(CC(=O)N1CCc2ccccc21)S(=O)(=O)c1ccc(Cl)c(Cl)c1. The molecule has 2 aromatic rings. The summed E-state index contributed by atoms with van der Waals surface area (Å²) in [5, 5.41) is 0.395. The number of fused-ring (bicyclic) bond motifs is 1. The van der Waals surface area contributed by atoms with Gasteiger partial charge >= 0.3 is 0 Å². The van der Waals surface area contributed by atoms with Gasteiger partial charge in [0.05, 0.1) is 21.5 Å². The van der Waals surface area contributed by atoms with Gasteiger partial charge in [-0.3, -0.25) is 4.79 Å². The van der Waals surface area contributed by atoms with Crippen molar-refractivity contribution >= 4 is 44.8 Å². The van der Waals surface area contributed by atoms with Crippen molar-refractivity contribution in [3.8, 4) is 0 Å². The molecule has 1 heterocycles. The van der Waals surface area contributed by atoms with Gasteiger partial charge < -0.3 is 4.90 Å². The van der Waals surface area contributed by atoms with Crippen molar-refractivity contribution in [3.63, 3.8) is 0 Å². The predicted molar refractivity (Wildman–Crippen MR) is 108 cm³/mol. The van der Waals surface area contributed by atoms with E-state index < -0.39 is 10.0 Å². The number of nitrogens with zero attached hydrogens (tertiary/aromatic N) is 2. The van der Waals surface area contributed by atoms with E-state index in [9.17, 15) is 13.2 Å². The number of amides is 1. The van der Waals surface area contributed by atoms with E-state index in [2.05, 4.69) is 6.58 Å². The number of carbonyl (C=O) groups is 1. The fourth-order valence-corrected chi connectivity index (χ4v) is 4.76. The number of hydrogen-bond acceptors (Lipinski definition) is 3. The Morgan fingerprint density at radius 2 is 1.93 bits per heavy atom. The molecule has 142 valence electrons. The third kappa shape index (κ3) is 4.04. The van der Waals surface area contributed by atoms with Crippen molar-refractivity contribution in [2.75, 3.05) is 24.5 Å². The van der Waals surface area contributed by atoms with Crippen molar-refractivity contribution in [2.45, 2.75) is 11.3 Å². The van der Waals surface area contributed by atoms with Crippen LogP contribution < -0.4 is 4.90 Å². The monoisotopic (exact) mass is 424 g/mol. The lowest BCUT2D eigenvalue weighted by atomic mass is 10.2. The van der Waals surface area contributed by atoms with Crippen molar-refractivity contribution in [1.82, 2.24) is 4.31 Å². The third-order valence-electron chi connectivity index (χ3n) is 4.36. The number of para-hydroxylation sites is 1. The summed E-state index contributed by atoms with van der Waals surface area (Å²) in [7, 11) is -3.93. The molecule has 0 fully saturated rings. The molecule has 0 N–H and O–H groups in total. The number of hydrogen-bond donors (Lipinski definition) is 0. The molecule has 3 rings (SSSR count). The average Bonchev–Trinajstić information content (AvgIpc) is 3.07. The van der Waals surface area contributed by atoms with E-state index in [-0.39, 0.29) is 33.9 Å². The molecule has 0 unspecified atom stereocenters. The van der Waals surface area contributed by atoms with Crippen molar-refractivity contribution < 1.29 is 13.2 Å². The van der Waals surface area contributed by atoms with Crippen LogP contribution in [-0.4, -0.2) is 38.3 Å². The Labute approximate surface area is 168 Å². The van der Waals surface area contributed by atoms with Gasteiger partial charge in [0.1, 0.15) is 0 Å². The maximum atomic E-state index is 13.0. The molecular weight excluding hydrogens is 407 g/mol. The van der Waals surface area contributed by atoms with Gasteiger partial charge in [-0.2, -0.15) is 4.31 Å². The van der Waals surface area contributed by atoms with Crippen LogP contribution >= 0.6 is 23.2 Å². The Balaban J connectivity index is 1.86. The molecule has 0 aliphatic carbocycles. The van der Waals surface area contributed by atoms with Crippen LogP contribution in [0.15, 0.2) is 60.0 Å². The largest absolute Gasteiger partial charge is 0.311 e. The molecule has 2 aromatic carbocycles. The summed E-state index contributed by atoms with van der Waals surface area (Å²) >= 11 is 11.8. The number of rotatable bonds is 6. The van der Waals surface area contributed by atoms with Crippen LogP contribution in [0.3, 0.4) is 0 Å². The van der Waals surface area contributed by atoms with E-state index in [1.54, 1.807) is 4.90 Å². The summed E-state index contributed by atoms with van der Waals surface area (Å²) in [6, 6.07) is 11.7. The van der Waals surface area contributed by atoms with E-state index in [1.807, 2.05) is 24.3 Å². The lowest BCUT2D eigenvalue weighted by Gasteiger charge is -2.24. The second-order valence-corrected chi connectivity index (χ2v) is 8.84. The highest BCUT2D eigenvalue weighted by Gasteiger charge is 2.30. The van der Waals surface area contributed by atoms with E-state index in [0.29, 0.717) is 6.54 Å². The smallest absolute Gasteiger partial charge is 0.243 e. The molecule has 5 nitrogen and oxygen atoms in total. The molecule has 1 amide bonds. The van der Waals surface area contributed by atoms with Gasteiger partial charge in [0.15, 0.2) is 0 Å². The Kier molecular flexibility index (Phi) is 5.91. The van der Waals surface area contributed by atoms with E-state index in [0.717, 1.165) is 22.0 Å². The standard InChI is InChI=1S/C19H18Cl2N2O3S/c1-2-10-22(27(25,26)15-7-8-16(20)17(21)12-15)13-19(24)23-11-9-14-5-3-4-6-18(14)23/h2-8,12H,1,9-11,13H2. The molecule has 0 saturated carbocycles. The zero-order valence-corrected chi connectivity index (χ0v) is 16.8. The first-order valence-corrected chi connectivity index (χ1v) is 10.5. The maximum absolute atomic E-state index is 13.0. The first kappa shape index (κ1) is 19.9. The quantitative estimate of drug-likeness (QED) is 0.663. The molecule has 0 saturated heterocycles. The van der Waals surface area contributed by atoms with Gasteiger partial charge in [-0.25, -0.2) is 8.42 Å². The lowest BCUT2D eigenvalue weighted by molar-refractivity contribution is -0.118. The Hall–Kier alpha value is -1.86. The number of sulfonamides is 1. The van der Waals surface area contributed by atoms with Gasteiger partial charge in [-0.05, 0) is 36.2 Å². The number of anilines is 1. The van der Waals surface area contributed by atoms with Crippen LogP contribution in [0.1, 0.15) is 5.56 Å². The minimum atomic E-state index is -3.93. The highest BCUT2D eigenvalue weighted by Crippen LogP contribution is 2.29. The molecule has 0 bridgehead atoms. The molecule has 0 radical (unpaired) electrons. The minimum Gasteiger partial charge on any atom is -0.311 e. The molecule has 0 aromatic heterocycles. The van der Waals surface area contributed by atoms with Crippen LogP contribution in [0.25, 0.3) is 0 Å². The van der Waals surface area contributed by atoms with Crippen LogP contribution in [0.2, 0.25) is 10.0 Å². The molecule has 27 heavy (non-hydrogen) atoms. The first-order valence-electron chi connectivity index (χ1n) is 8.29. The Morgan fingerprint density at radius 3 is 2.63 bits per heavy atom. The van der Waals surface area contributed by atoms with Crippen molar-refractivity contribution in [3.05, 3.63) is 70.7 Å². The summed E-state index contributed by atoms with van der Waals surface area (Å²) in [5.41, 5.74) is 1.90. The molecule has 0 spiro atoms. The van der Waals surface area contributed by atoms with E-state index >= 15 is 0 Å². The molecule has 1 aliphatic rings. The summed E-state index contributed by atoms with van der Waals surface area (Å²) in [5.74, 6) is -0.287. The number of carbonyl (C=O) groups excluding carboxylic acids is 1. The average molecular weight is 425 g/mol. The van der Waals surface area contributed by atoms with Crippen LogP contribution in [-0.2, 0) is 21.2 Å². The van der Waals surface area contributed by atoms with Gasteiger partial charge in [0.25, 0.3) is 0 Å². The van der Waals surface area contributed by atoms with Gasteiger partial charge in [-0.1, -0.05) is 47.5 Å². The number of halogens is 2. The Morgan fingerprint density at radius 1 is 1.19 bits per heavy atom. The fraction of sp³-hybridized carbons (Fsp3) is 0.211. The minimum absolute atomic E-state index is 0.00378. The van der Waals surface area contributed by atoms with Gasteiger partial charge in [0, 0.05) is 18.8 Å². The van der Waals surface area contributed by atoms with E-state index in [4.69, 9.17) is 23.2 Å². The highest BCUT2D eigenvalue weighted by atomic mass is 35.5.